The number of anilines is 2. The Balaban J connectivity index is 1.93. The second-order valence-corrected chi connectivity index (χ2v) is 6.32. The third-order valence-electron chi connectivity index (χ3n) is 4.18. The summed E-state index contributed by atoms with van der Waals surface area (Å²) in [6.07, 6.45) is 0. The summed E-state index contributed by atoms with van der Waals surface area (Å²) in [6, 6.07) is 9.20. The van der Waals surface area contributed by atoms with Crippen LogP contribution in [0, 0.1) is 18.6 Å². The van der Waals surface area contributed by atoms with Crippen molar-refractivity contribution >= 4 is 28.2 Å². The Bertz CT molecular complexity index is 1010. The molecule has 1 heterocycles. The molecule has 0 fully saturated rings. The monoisotopic (exact) mass is 371 g/mol. The van der Waals surface area contributed by atoms with E-state index in [1.54, 1.807) is 52.4 Å². The number of hydrogen-bond donors (Lipinski definition) is 1. The number of benzene rings is 2. The first-order valence-corrected chi connectivity index (χ1v) is 8.23. The van der Waals surface area contributed by atoms with Gasteiger partial charge in [-0.15, -0.1) is 0 Å². The molecule has 0 atom stereocenters. The smallest absolute Gasteiger partial charge is 0.257 e. The molecule has 5 nitrogen and oxygen atoms in total. The molecular formula is C20H19F2N3O2. The van der Waals surface area contributed by atoms with Gasteiger partial charge in [-0.1, -0.05) is 0 Å². The van der Waals surface area contributed by atoms with Gasteiger partial charge in [0.2, 0.25) is 0 Å². The van der Waals surface area contributed by atoms with Crippen molar-refractivity contribution in [2.45, 2.75) is 6.92 Å². The summed E-state index contributed by atoms with van der Waals surface area (Å²) in [7, 11) is 4.65. The van der Waals surface area contributed by atoms with Crippen molar-refractivity contribution in [3.63, 3.8) is 0 Å². The van der Waals surface area contributed by atoms with Gasteiger partial charge in [-0.25, -0.2) is 8.78 Å². The van der Waals surface area contributed by atoms with E-state index in [9.17, 15) is 13.6 Å². The number of methoxy groups -OCH3 is 1. The molecule has 1 amide bonds. The number of fused-ring (bicyclic) bond motifs is 1. The summed E-state index contributed by atoms with van der Waals surface area (Å²) >= 11 is 0. The summed E-state index contributed by atoms with van der Waals surface area (Å²) in [4.78, 5) is 18.4. The predicted octanol–water partition coefficient (Wildman–Crippen LogP) is 4.15. The normalized spacial score (nSPS) is 10.7. The topological polar surface area (TPSA) is 54.5 Å². The Morgan fingerprint density at radius 1 is 1.11 bits per heavy atom. The van der Waals surface area contributed by atoms with Crippen molar-refractivity contribution in [2.75, 3.05) is 31.4 Å². The van der Waals surface area contributed by atoms with Crippen molar-refractivity contribution in [3.8, 4) is 5.75 Å². The minimum absolute atomic E-state index is 0.0369. The first-order valence-electron chi connectivity index (χ1n) is 8.23. The Hall–Kier alpha value is -3.22. The van der Waals surface area contributed by atoms with Gasteiger partial charge in [0.15, 0.2) is 11.6 Å². The molecule has 0 saturated heterocycles. The fourth-order valence-corrected chi connectivity index (χ4v) is 2.86. The van der Waals surface area contributed by atoms with Crippen LogP contribution >= 0.6 is 0 Å². The van der Waals surface area contributed by atoms with Crippen LogP contribution in [0.1, 0.15) is 16.1 Å². The SMILES string of the molecule is COc1ccc2cc(C(=O)Nc3cc(F)c(N(C)C)c(F)c3)c(C)nc2c1. The van der Waals surface area contributed by atoms with Crippen LogP contribution in [-0.2, 0) is 0 Å². The molecule has 3 rings (SSSR count). The lowest BCUT2D eigenvalue weighted by molar-refractivity contribution is 0.102. The Kier molecular flexibility index (Phi) is 4.94. The van der Waals surface area contributed by atoms with E-state index in [1.165, 1.54) is 4.90 Å². The maximum absolute atomic E-state index is 14.1. The molecule has 0 aliphatic carbocycles. The van der Waals surface area contributed by atoms with E-state index < -0.39 is 17.5 Å². The highest BCUT2D eigenvalue weighted by atomic mass is 19.1. The number of pyridine rings is 1. The van der Waals surface area contributed by atoms with Crippen LogP contribution in [0.4, 0.5) is 20.2 Å². The first kappa shape index (κ1) is 18.6. The van der Waals surface area contributed by atoms with Gasteiger partial charge in [0.05, 0.1) is 23.9 Å². The second-order valence-electron chi connectivity index (χ2n) is 6.32. The fourth-order valence-electron chi connectivity index (χ4n) is 2.86. The summed E-state index contributed by atoms with van der Waals surface area (Å²) in [5.74, 6) is -1.33. The van der Waals surface area contributed by atoms with E-state index in [1.807, 2.05) is 0 Å². The maximum atomic E-state index is 14.1. The average Bonchev–Trinajstić information content (AvgIpc) is 2.59. The fraction of sp³-hybridized carbons (Fsp3) is 0.200. The molecule has 1 N–H and O–H groups in total. The zero-order valence-electron chi connectivity index (χ0n) is 15.4. The maximum Gasteiger partial charge on any atom is 0.257 e. The molecule has 7 heteroatoms. The van der Waals surface area contributed by atoms with Crippen molar-refractivity contribution < 1.29 is 18.3 Å². The number of aromatic nitrogens is 1. The van der Waals surface area contributed by atoms with Gasteiger partial charge in [-0.05, 0) is 37.3 Å². The van der Waals surface area contributed by atoms with Gasteiger partial charge in [-0.3, -0.25) is 9.78 Å². The van der Waals surface area contributed by atoms with Crippen molar-refractivity contribution in [1.29, 1.82) is 0 Å². The summed E-state index contributed by atoms with van der Waals surface area (Å²) in [5, 5.41) is 3.29. The van der Waals surface area contributed by atoms with E-state index >= 15 is 0 Å². The number of amides is 1. The molecular weight excluding hydrogens is 352 g/mol. The first-order chi connectivity index (χ1) is 12.8. The van der Waals surface area contributed by atoms with Crippen molar-refractivity contribution in [2.24, 2.45) is 0 Å². The van der Waals surface area contributed by atoms with E-state index in [-0.39, 0.29) is 11.4 Å². The molecule has 140 valence electrons. The molecule has 0 unspecified atom stereocenters. The van der Waals surface area contributed by atoms with E-state index in [0.29, 0.717) is 22.5 Å². The van der Waals surface area contributed by atoms with Gasteiger partial charge in [0, 0.05) is 31.2 Å². The van der Waals surface area contributed by atoms with Crippen LogP contribution in [-0.4, -0.2) is 32.1 Å². The standard InChI is InChI=1S/C20H19F2N3O2/c1-11-15(7-12-5-6-14(27-4)10-18(12)23-11)20(26)24-13-8-16(21)19(25(2)3)17(22)9-13/h5-10H,1-4H3,(H,24,26). The van der Waals surface area contributed by atoms with E-state index in [4.69, 9.17) is 4.74 Å². The second kappa shape index (κ2) is 7.19. The van der Waals surface area contributed by atoms with Crippen LogP contribution in [0.15, 0.2) is 36.4 Å². The number of carbonyl (C=O) groups excluding carboxylic acids is 1. The van der Waals surface area contributed by atoms with Gasteiger partial charge in [-0.2, -0.15) is 0 Å². The molecule has 0 saturated carbocycles. The van der Waals surface area contributed by atoms with Crippen LogP contribution < -0.4 is 15.0 Å². The molecule has 0 aliphatic heterocycles. The molecule has 3 aromatic rings. The van der Waals surface area contributed by atoms with Gasteiger partial charge in [0.1, 0.15) is 11.4 Å². The van der Waals surface area contributed by atoms with Crippen LogP contribution in [0.5, 0.6) is 5.75 Å². The van der Waals surface area contributed by atoms with E-state index in [2.05, 4.69) is 10.3 Å². The highest BCUT2D eigenvalue weighted by Crippen LogP contribution is 2.27. The minimum atomic E-state index is -0.754. The van der Waals surface area contributed by atoms with E-state index in [0.717, 1.165) is 17.5 Å². The number of hydrogen-bond acceptors (Lipinski definition) is 4. The number of rotatable bonds is 4. The predicted molar refractivity (Wildman–Crippen MR) is 102 cm³/mol. The van der Waals surface area contributed by atoms with Gasteiger partial charge in [0.25, 0.3) is 5.91 Å². The molecule has 27 heavy (non-hydrogen) atoms. The number of carbonyl (C=O) groups is 1. The zero-order valence-corrected chi connectivity index (χ0v) is 15.4. The summed E-state index contributed by atoms with van der Waals surface area (Å²) in [6.45, 7) is 1.70. The summed E-state index contributed by atoms with van der Waals surface area (Å²) < 4.78 is 33.4. The third kappa shape index (κ3) is 3.67. The van der Waals surface area contributed by atoms with Crippen LogP contribution in [0.3, 0.4) is 0 Å². The quantitative estimate of drug-likeness (QED) is 0.749. The molecule has 0 bridgehead atoms. The van der Waals surface area contributed by atoms with Crippen LogP contribution in [0.2, 0.25) is 0 Å². The number of ether oxygens (including phenoxy) is 1. The summed E-state index contributed by atoms with van der Waals surface area (Å²) in [5.41, 5.74) is 1.39. The molecule has 2 aromatic carbocycles. The number of halogens is 2. The van der Waals surface area contributed by atoms with Crippen molar-refractivity contribution in [3.05, 3.63) is 59.3 Å². The Morgan fingerprint density at radius 3 is 2.37 bits per heavy atom. The zero-order chi connectivity index (χ0) is 19.7. The van der Waals surface area contributed by atoms with Crippen molar-refractivity contribution in [1.82, 2.24) is 4.98 Å². The van der Waals surface area contributed by atoms with Gasteiger partial charge < -0.3 is 15.0 Å². The number of nitrogens with zero attached hydrogens (tertiary/aromatic N) is 2. The Labute approximate surface area is 155 Å². The lowest BCUT2D eigenvalue weighted by Crippen LogP contribution is -2.16. The lowest BCUT2D eigenvalue weighted by atomic mass is 10.1. The highest BCUT2D eigenvalue weighted by molar-refractivity contribution is 6.06. The molecule has 1 aromatic heterocycles. The number of aryl methyl sites for hydroxylation is 1. The lowest BCUT2D eigenvalue weighted by Gasteiger charge is -2.16. The van der Waals surface area contributed by atoms with Crippen LogP contribution in [0.25, 0.3) is 10.9 Å². The third-order valence-corrected chi connectivity index (χ3v) is 4.18. The Morgan fingerprint density at radius 2 is 1.78 bits per heavy atom. The average molecular weight is 371 g/mol. The molecule has 0 radical (unpaired) electrons. The molecule has 0 aliphatic rings. The largest absolute Gasteiger partial charge is 0.497 e. The molecule has 0 spiro atoms. The van der Waals surface area contributed by atoms with Gasteiger partial charge >= 0.3 is 0 Å². The minimum Gasteiger partial charge on any atom is -0.497 e. The highest BCUT2D eigenvalue weighted by Gasteiger charge is 2.17. The number of nitrogens with one attached hydrogen (secondary N) is 1.